The summed E-state index contributed by atoms with van der Waals surface area (Å²) in [6.07, 6.45) is 3.43. The lowest BCUT2D eigenvalue weighted by atomic mass is 10.1. The number of methoxy groups -OCH3 is 1. The third-order valence-corrected chi connectivity index (χ3v) is 4.49. The number of hydrogen-bond acceptors (Lipinski definition) is 5. The number of rotatable bonds is 6. The molecular formula is C20H23N5O2. The van der Waals surface area contributed by atoms with Gasteiger partial charge in [-0.15, -0.1) is 0 Å². The fourth-order valence-electron chi connectivity index (χ4n) is 2.79. The zero-order valence-corrected chi connectivity index (χ0v) is 15.9. The predicted octanol–water partition coefficient (Wildman–Crippen LogP) is 3.37. The van der Waals surface area contributed by atoms with Crippen LogP contribution >= 0.6 is 0 Å². The Hall–Kier alpha value is -3.35. The molecule has 0 fully saturated rings. The van der Waals surface area contributed by atoms with Crippen molar-refractivity contribution in [3.8, 4) is 5.75 Å². The van der Waals surface area contributed by atoms with Crippen molar-refractivity contribution >= 4 is 17.4 Å². The Morgan fingerprint density at radius 1 is 1.22 bits per heavy atom. The summed E-state index contributed by atoms with van der Waals surface area (Å²) < 4.78 is 6.95. The maximum atomic E-state index is 12.8. The first-order valence-corrected chi connectivity index (χ1v) is 8.65. The summed E-state index contributed by atoms with van der Waals surface area (Å²) >= 11 is 0. The quantitative estimate of drug-likeness (QED) is 0.700. The molecule has 0 spiro atoms. The van der Waals surface area contributed by atoms with E-state index in [1.165, 1.54) is 0 Å². The van der Waals surface area contributed by atoms with Crippen LogP contribution in [0.5, 0.6) is 5.75 Å². The number of anilines is 2. The predicted molar refractivity (Wildman–Crippen MR) is 104 cm³/mol. The minimum atomic E-state index is -0.199. The third-order valence-electron chi connectivity index (χ3n) is 4.49. The van der Waals surface area contributed by atoms with Crippen LogP contribution in [0.4, 0.5) is 11.5 Å². The zero-order valence-electron chi connectivity index (χ0n) is 15.9. The Morgan fingerprint density at radius 3 is 2.59 bits per heavy atom. The Labute approximate surface area is 158 Å². The van der Waals surface area contributed by atoms with E-state index in [0.29, 0.717) is 11.4 Å². The summed E-state index contributed by atoms with van der Waals surface area (Å²) in [6.45, 7) is 3.92. The minimum Gasteiger partial charge on any atom is -0.497 e. The summed E-state index contributed by atoms with van der Waals surface area (Å²) in [5, 5.41) is 10.4. The van der Waals surface area contributed by atoms with Crippen LogP contribution in [0.1, 0.15) is 34.6 Å². The normalized spacial score (nSPS) is 11.7. The number of carbonyl (C=O) groups is 1. The standard InChI is InChI=1S/C20H23N5O2/c1-13(18-12-22-25(3)14(18)2)23-20(26)17-6-5-11-21-19(17)24-15-7-9-16(27-4)10-8-15/h5-13H,1-4H3,(H,21,24)(H,23,26). The van der Waals surface area contributed by atoms with Crippen molar-refractivity contribution in [3.63, 3.8) is 0 Å². The second-order valence-electron chi connectivity index (χ2n) is 6.26. The molecular weight excluding hydrogens is 342 g/mol. The van der Waals surface area contributed by atoms with E-state index in [-0.39, 0.29) is 11.9 Å². The van der Waals surface area contributed by atoms with E-state index in [4.69, 9.17) is 4.74 Å². The summed E-state index contributed by atoms with van der Waals surface area (Å²) in [4.78, 5) is 17.1. The SMILES string of the molecule is COc1ccc(Nc2ncccc2C(=O)NC(C)c2cnn(C)c2C)cc1. The number of nitrogens with one attached hydrogen (secondary N) is 2. The first-order chi connectivity index (χ1) is 13.0. The average Bonchev–Trinajstić information content (AvgIpc) is 3.01. The highest BCUT2D eigenvalue weighted by Gasteiger charge is 2.18. The third kappa shape index (κ3) is 4.08. The molecule has 0 saturated carbocycles. The van der Waals surface area contributed by atoms with Gasteiger partial charge < -0.3 is 15.4 Å². The Balaban J connectivity index is 1.77. The van der Waals surface area contributed by atoms with Gasteiger partial charge in [0.15, 0.2) is 0 Å². The molecule has 0 aliphatic rings. The van der Waals surface area contributed by atoms with Crippen LogP contribution in [0.15, 0.2) is 48.8 Å². The molecule has 0 aliphatic heterocycles. The lowest BCUT2D eigenvalue weighted by molar-refractivity contribution is 0.0940. The molecule has 140 valence electrons. The van der Waals surface area contributed by atoms with Crippen molar-refractivity contribution in [2.75, 3.05) is 12.4 Å². The maximum Gasteiger partial charge on any atom is 0.255 e. The highest BCUT2D eigenvalue weighted by molar-refractivity contribution is 5.99. The number of carbonyl (C=O) groups excluding carboxylic acids is 1. The van der Waals surface area contributed by atoms with Gasteiger partial charge in [-0.1, -0.05) is 0 Å². The van der Waals surface area contributed by atoms with Gasteiger partial charge in [0.25, 0.3) is 5.91 Å². The molecule has 1 aromatic carbocycles. The molecule has 7 heteroatoms. The molecule has 2 N–H and O–H groups in total. The van der Waals surface area contributed by atoms with E-state index < -0.39 is 0 Å². The van der Waals surface area contributed by atoms with Gasteiger partial charge in [0.05, 0.1) is 24.9 Å². The van der Waals surface area contributed by atoms with Crippen molar-refractivity contribution in [2.24, 2.45) is 7.05 Å². The van der Waals surface area contributed by atoms with E-state index in [0.717, 1.165) is 22.7 Å². The Bertz CT molecular complexity index is 934. The summed E-state index contributed by atoms with van der Waals surface area (Å²) in [5.41, 5.74) is 3.30. The van der Waals surface area contributed by atoms with Gasteiger partial charge in [0.2, 0.25) is 0 Å². The molecule has 1 atom stereocenters. The van der Waals surface area contributed by atoms with Gasteiger partial charge in [-0.25, -0.2) is 4.98 Å². The number of hydrogen-bond donors (Lipinski definition) is 2. The van der Waals surface area contributed by atoms with E-state index in [1.807, 2.05) is 45.2 Å². The largest absolute Gasteiger partial charge is 0.497 e. The fraction of sp³-hybridized carbons (Fsp3) is 0.250. The monoisotopic (exact) mass is 365 g/mol. The van der Waals surface area contributed by atoms with E-state index in [1.54, 1.807) is 36.3 Å². The molecule has 3 aromatic rings. The molecule has 2 aromatic heterocycles. The van der Waals surface area contributed by atoms with Gasteiger partial charge in [-0.2, -0.15) is 5.10 Å². The molecule has 0 radical (unpaired) electrons. The fourth-order valence-corrected chi connectivity index (χ4v) is 2.79. The lowest BCUT2D eigenvalue weighted by Crippen LogP contribution is -2.27. The molecule has 1 unspecified atom stereocenters. The summed E-state index contributed by atoms with van der Waals surface area (Å²) in [6, 6.07) is 10.8. The Kier molecular flexibility index (Phi) is 5.40. The van der Waals surface area contributed by atoms with Gasteiger partial charge in [-0.3, -0.25) is 9.48 Å². The lowest BCUT2D eigenvalue weighted by Gasteiger charge is -2.16. The van der Waals surface area contributed by atoms with Gasteiger partial charge in [-0.05, 0) is 50.2 Å². The number of benzene rings is 1. The van der Waals surface area contributed by atoms with Crippen LogP contribution in [-0.4, -0.2) is 27.8 Å². The second kappa shape index (κ2) is 7.90. The topological polar surface area (TPSA) is 81.1 Å². The van der Waals surface area contributed by atoms with Gasteiger partial charge in [0.1, 0.15) is 11.6 Å². The molecule has 7 nitrogen and oxygen atoms in total. The smallest absolute Gasteiger partial charge is 0.255 e. The average molecular weight is 365 g/mol. The van der Waals surface area contributed by atoms with Gasteiger partial charge >= 0.3 is 0 Å². The molecule has 0 saturated heterocycles. The number of amides is 1. The molecule has 0 bridgehead atoms. The highest BCUT2D eigenvalue weighted by atomic mass is 16.5. The second-order valence-corrected chi connectivity index (χ2v) is 6.26. The first-order valence-electron chi connectivity index (χ1n) is 8.65. The molecule has 0 aliphatic carbocycles. The molecule has 3 rings (SSSR count). The van der Waals surface area contributed by atoms with Crippen molar-refractivity contribution in [2.45, 2.75) is 19.9 Å². The highest BCUT2D eigenvalue weighted by Crippen LogP contribution is 2.22. The van der Waals surface area contributed by atoms with Crippen molar-refractivity contribution in [3.05, 3.63) is 65.6 Å². The van der Waals surface area contributed by atoms with Crippen molar-refractivity contribution in [1.82, 2.24) is 20.1 Å². The zero-order chi connectivity index (χ0) is 19.4. The van der Waals surface area contributed by atoms with Crippen LogP contribution < -0.4 is 15.4 Å². The number of aryl methyl sites for hydroxylation is 1. The number of ether oxygens (including phenoxy) is 1. The van der Waals surface area contributed by atoms with Crippen molar-refractivity contribution in [1.29, 1.82) is 0 Å². The van der Waals surface area contributed by atoms with Crippen LogP contribution in [0.3, 0.4) is 0 Å². The van der Waals surface area contributed by atoms with Crippen molar-refractivity contribution < 1.29 is 9.53 Å². The molecule has 1 amide bonds. The number of pyridine rings is 1. The molecule has 2 heterocycles. The Morgan fingerprint density at radius 2 is 1.96 bits per heavy atom. The van der Waals surface area contributed by atoms with Gasteiger partial charge in [0, 0.05) is 30.2 Å². The summed E-state index contributed by atoms with van der Waals surface area (Å²) in [7, 11) is 3.50. The van der Waals surface area contributed by atoms with Crippen LogP contribution in [0.2, 0.25) is 0 Å². The summed E-state index contributed by atoms with van der Waals surface area (Å²) in [5.74, 6) is 1.06. The van der Waals surface area contributed by atoms with E-state index in [9.17, 15) is 4.79 Å². The minimum absolute atomic E-state index is 0.166. The van der Waals surface area contributed by atoms with Crippen LogP contribution in [0, 0.1) is 6.92 Å². The number of nitrogens with zero attached hydrogens (tertiary/aromatic N) is 3. The molecule has 27 heavy (non-hydrogen) atoms. The van der Waals surface area contributed by atoms with Crippen LogP contribution in [-0.2, 0) is 7.05 Å². The maximum absolute atomic E-state index is 12.8. The van der Waals surface area contributed by atoms with Crippen LogP contribution in [0.25, 0.3) is 0 Å². The van der Waals surface area contributed by atoms with E-state index in [2.05, 4.69) is 20.7 Å². The number of aromatic nitrogens is 3. The van der Waals surface area contributed by atoms with E-state index >= 15 is 0 Å². The first kappa shape index (κ1) is 18.4.